The molecule has 1 saturated heterocycles. The Bertz CT molecular complexity index is 929. The van der Waals surface area contributed by atoms with Gasteiger partial charge >= 0.3 is 0 Å². The second-order valence-corrected chi connectivity index (χ2v) is 21.8. The lowest BCUT2D eigenvalue weighted by atomic mass is 9.81. The highest BCUT2D eigenvalue weighted by molar-refractivity contribution is 6.77. The van der Waals surface area contributed by atoms with E-state index in [0.29, 0.717) is 5.92 Å². The molecule has 5 atom stereocenters. The Hall–Kier alpha value is -1.25. The summed E-state index contributed by atoms with van der Waals surface area (Å²) in [6.45, 7) is 20.2. The predicted molar refractivity (Wildman–Crippen MR) is 144 cm³/mol. The lowest BCUT2D eigenvalue weighted by Gasteiger charge is -2.54. The van der Waals surface area contributed by atoms with Crippen molar-refractivity contribution in [1.29, 1.82) is 0 Å². The van der Waals surface area contributed by atoms with Crippen LogP contribution in [0.25, 0.3) is 0 Å². The molecule has 1 aliphatic heterocycles. The lowest BCUT2D eigenvalue weighted by molar-refractivity contribution is -0.317. The Morgan fingerprint density at radius 1 is 0.879 bits per heavy atom. The van der Waals surface area contributed by atoms with E-state index < -0.39 is 22.2 Å². The van der Waals surface area contributed by atoms with Crippen molar-refractivity contribution in [1.82, 2.24) is 0 Å². The number of hydrogen-bond donors (Lipinski definition) is 1. The molecule has 1 heterocycles. The van der Waals surface area contributed by atoms with Crippen LogP contribution in [0.3, 0.4) is 0 Å². The van der Waals surface area contributed by atoms with Gasteiger partial charge in [0.05, 0.1) is 13.8 Å². The van der Waals surface area contributed by atoms with Crippen molar-refractivity contribution in [2.24, 2.45) is 11.8 Å². The molecule has 0 amide bonds. The van der Waals surface area contributed by atoms with Gasteiger partial charge in [0.25, 0.3) is 0 Å². The van der Waals surface area contributed by atoms with Gasteiger partial charge in [-0.3, -0.25) is 0 Å². The Balaban J connectivity index is 2.00. The summed E-state index contributed by atoms with van der Waals surface area (Å²) in [5, 5.41) is 12.2. The zero-order valence-corrected chi connectivity index (χ0v) is 24.1. The molecule has 2 aromatic rings. The summed E-state index contributed by atoms with van der Waals surface area (Å²) in [5.74, 6) is -0.921. The maximum atomic E-state index is 12.2. The van der Waals surface area contributed by atoms with Crippen LogP contribution in [0.4, 0.5) is 0 Å². The van der Waals surface area contributed by atoms with Crippen LogP contribution in [0.1, 0.15) is 43.0 Å². The van der Waals surface area contributed by atoms with E-state index in [1.165, 1.54) is 16.7 Å². The maximum Gasteiger partial charge on any atom is 0.218 e. The SMILES string of the molecule is CCc1ccc(Cc2cccc(C3(O)O[C@H]([Si](C)(C)C)[C@@H](C)[C@H](C)[C@H]3O[Si](C)(C)C)c2)cc1. The van der Waals surface area contributed by atoms with Gasteiger partial charge in [-0.25, -0.2) is 0 Å². The summed E-state index contributed by atoms with van der Waals surface area (Å²) in [5.41, 5.74) is 4.68. The van der Waals surface area contributed by atoms with Gasteiger partial charge < -0.3 is 14.3 Å². The van der Waals surface area contributed by atoms with Crippen LogP contribution in [0.5, 0.6) is 0 Å². The van der Waals surface area contributed by atoms with Crippen LogP contribution in [-0.4, -0.2) is 33.3 Å². The fourth-order valence-corrected chi connectivity index (χ4v) is 8.62. The molecular formula is C28H44O3Si2. The Morgan fingerprint density at radius 2 is 1.48 bits per heavy atom. The van der Waals surface area contributed by atoms with E-state index in [2.05, 4.69) is 96.5 Å². The summed E-state index contributed by atoms with van der Waals surface area (Å²) in [6, 6.07) is 17.1. The van der Waals surface area contributed by atoms with Gasteiger partial charge in [0.1, 0.15) is 6.10 Å². The summed E-state index contributed by atoms with van der Waals surface area (Å²) in [6.07, 6.45) is 1.50. The first kappa shape index (κ1) is 26.4. The largest absolute Gasteiger partial charge is 0.409 e. The van der Waals surface area contributed by atoms with Crippen LogP contribution in [0.2, 0.25) is 39.3 Å². The molecule has 0 saturated carbocycles. The molecule has 33 heavy (non-hydrogen) atoms. The molecule has 5 heteroatoms. The minimum atomic E-state index is -1.92. The summed E-state index contributed by atoms with van der Waals surface area (Å²) in [4.78, 5) is 0. The standard InChI is InChI=1S/C28H44O3Si2/c1-10-22-14-16-23(17-15-22)18-24-12-11-13-25(19-24)28(29)26(31-33(7,8)9)20(2)21(3)27(30-28)32(4,5)6/h11-17,19-21,26-27,29H,10,18H2,1-9H3/t20-,21-,26+,27+,28?/m0/s1. The van der Waals surface area contributed by atoms with Gasteiger partial charge in [-0.1, -0.05) is 82.9 Å². The van der Waals surface area contributed by atoms with E-state index in [0.717, 1.165) is 18.4 Å². The highest BCUT2D eigenvalue weighted by Gasteiger charge is 2.56. The number of benzene rings is 2. The van der Waals surface area contributed by atoms with E-state index in [-0.39, 0.29) is 17.7 Å². The molecule has 0 aromatic heterocycles. The van der Waals surface area contributed by atoms with Gasteiger partial charge in [-0.2, -0.15) is 0 Å². The minimum absolute atomic E-state index is 0.0595. The van der Waals surface area contributed by atoms with Crippen molar-refractivity contribution in [2.75, 3.05) is 0 Å². The highest BCUT2D eigenvalue weighted by Crippen LogP contribution is 2.46. The topological polar surface area (TPSA) is 38.7 Å². The quantitative estimate of drug-likeness (QED) is 0.442. The van der Waals surface area contributed by atoms with Crippen LogP contribution in [-0.2, 0) is 27.8 Å². The van der Waals surface area contributed by atoms with Crippen molar-refractivity contribution in [3.8, 4) is 0 Å². The van der Waals surface area contributed by atoms with E-state index in [4.69, 9.17) is 9.16 Å². The fourth-order valence-electron chi connectivity index (χ4n) is 5.07. The third-order valence-corrected chi connectivity index (χ3v) is 10.3. The highest BCUT2D eigenvalue weighted by atomic mass is 28.4. The maximum absolute atomic E-state index is 12.2. The molecule has 3 nitrogen and oxygen atoms in total. The molecule has 1 fully saturated rings. The zero-order chi connectivity index (χ0) is 24.6. The van der Waals surface area contributed by atoms with Crippen molar-refractivity contribution in [3.63, 3.8) is 0 Å². The van der Waals surface area contributed by atoms with Gasteiger partial charge in [-0.05, 0) is 67.1 Å². The summed E-state index contributed by atoms with van der Waals surface area (Å²) in [7, 11) is -3.60. The smallest absolute Gasteiger partial charge is 0.218 e. The van der Waals surface area contributed by atoms with Crippen molar-refractivity contribution >= 4 is 16.4 Å². The molecule has 0 spiro atoms. The Morgan fingerprint density at radius 3 is 2.03 bits per heavy atom. The molecule has 1 unspecified atom stereocenters. The monoisotopic (exact) mass is 484 g/mol. The second-order valence-electron chi connectivity index (χ2n) is 12.0. The van der Waals surface area contributed by atoms with Crippen molar-refractivity contribution in [3.05, 3.63) is 70.8 Å². The molecule has 2 aromatic carbocycles. The first-order valence-corrected chi connectivity index (χ1v) is 19.5. The molecule has 1 N–H and O–H groups in total. The third kappa shape index (κ3) is 6.06. The first-order valence-electron chi connectivity index (χ1n) is 12.5. The van der Waals surface area contributed by atoms with Crippen LogP contribution in [0, 0.1) is 11.8 Å². The third-order valence-electron chi connectivity index (χ3n) is 6.99. The van der Waals surface area contributed by atoms with Gasteiger partial charge in [0.2, 0.25) is 5.79 Å². The molecule has 3 rings (SSSR count). The average molecular weight is 485 g/mol. The summed E-state index contributed by atoms with van der Waals surface area (Å²) < 4.78 is 13.4. The average Bonchev–Trinajstić information content (AvgIpc) is 2.73. The Labute approximate surface area is 203 Å². The number of aliphatic hydroxyl groups is 1. The van der Waals surface area contributed by atoms with Crippen LogP contribution >= 0.6 is 0 Å². The number of rotatable bonds is 7. The minimum Gasteiger partial charge on any atom is -0.409 e. The molecule has 182 valence electrons. The van der Waals surface area contributed by atoms with Gasteiger partial charge in [0, 0.05) is 5.56 Å². The van der Waals surface area contributed by atoms with E-state index >= 15 is 0 Å². The van der Waals surface area contributed by atoms with Crippen molar-refractivity contribution in [2.45, 2.75) is 90.5 Å². The zero-order valence-electron chi connectivity index (χ0n) is 22.1. The van der Waals surface area contributed by atoms with Gasteiger partial charge in [0.15, 0.2) is 8.32 Å². The van der Waals surface area contributed by atoms with E-state index in [1.54, 1.807) is 0 Å². The molecule has 0 radical (unpaired) electrons. The van der Waals surface area contributed by atoms with Crippen LogP contribution in [0.15, 0.2) is 48.5 Å². The second kappa shape index (κ2) is 9.78. The number of ether oxygens (including phenoxy) is 1. The van der Waals surface area contributed by atoms with E-state index in [9.17, 15) is 5.11 Å². The van der Waals surface area contributed by atoms with Gasteiger partial charge in [-0.15, -0.1) is 0 Å². The molecule has 0 bridgehead atoms. The molecule has 0 aliphatic carbocycles. The normalized spacial score (nSPS) is 28.7. The lowest BCUT2D eigenvalue weighted by Crippen LogP contribution is -2.64. The molecular weight excluding hydrogens is 440 g/mol. The predicted octanol–water partition coefficient (Wildman–Crippen LogP) is 6.75. The summed E-state index contributed by atoms with van der Waals surface area (Å²) >= 11 is 0. The number of aryl methyl sites for hydroxylation is 1. The Kier molecular flexibility index (Phi) is 7.81. The van der Waals surface area contributed by atoms with E-state index in [1.807, 2.05) is 12.1 Å². The van der Waals surface area contributed by atoms with Crippen LogP contribution < -0.4 is 0 Å². The molecule has 1 aliphatic rings. The first-order chi connectivity index (χ1) is 15.2. The van der Waals surface area contributed by atoms with Crippen molar-refractivity contribution < 1.29 is 14.3 Å². The number of hydrogen-bond acceptors (Lipinski definition) is 3. The fraction of sp³-hybridized carbons (Fsp3) is 0.571.